The molecule has 0 saturated carbocycles. The molecule has 0 spiro atoms. The third kappa shape index (κ3) is 2.61. The molecule has 0 unspecified atom stereocenters. The van der Waals surface area contributed by atoms with Crippen LogP contribution in [0.3, 0.4) is 0 Å². The van der Waals surface area contributed by atoms with Crippen molar-refractivity contribution in [2.24, 2.45) is 0 Å². The molecule has 0 bridgehead atoms. The molecule has 0 atom stereocenters. The Hall–Kier alpha value is -2.44. The van der Waals surface area contributed by atoms with Crippen LogP contribution in [0.1, 0.15) is 18.9 Å². The number of nitrogens with zero attached hydrogens (tertiary/aromatic N) is 3. The van der Waals surface area contributed by atoms with Crippen molar-refractivity contribution in [2.45, 2.75) is 19.9 Å². The number of aromatic nitrogens is 1. The molecule has 20 heavy (non-hydrogen) atoms. The van der Waals surface area contributed by atoms with Crippen LogP contribution < -0.4 is 5.32 Å². The maximum Gasteiger partial charge on any atom is 0.334 e. The summed E-state index contributed by atoms with van der Waals surface area (Å²) in [6, 6.07) is 2.87. The van der Waals surface area contributed by atoms with E-state index in [1.54, 1.807) is 18.3 Å². The first-order valence-electron chi connectivity index (χ1n) is 6.37. The van der Waals surface area contributed by atoms with Crippen LogP contribution in [0.2, 0.25) is 0 Å². The largest absolute Gasteiger partial charge is 0.370 e. The molecule has 1 fully saturated rings. The van der Waals surface area contributed by atoms with Gasteiger partial charge < -0.3 is 5.32 Å². The van der Waals surface area contributed by atoms with Gasteiger partial charge in [0.2, 0.25) is 0 Å². The Morgan fingerprint density at radius 3 is 2.60 bits per heavy atom. The lowest BCUT2D eigenvalue weighted by molar-refractivity contribution is -0.143. The molecule has 1 aliphatic heterocycles. The van der Waals surface area contributed by atoms with Gasteiger partial charge in [0.25, 0.3) is 0 Å². The van der Waals surface area contributed by atoms with Crippen molar-refractivity contribution in [3.05, 3.63) is 23.9 Å². The van der Waals surface area contributed by atoms with Crippen LogP contribution in [0.15, 0.2) is 18.3 Å². The van der Waals surface area contributed by atoms with E-state index >= 15 is 0 Å². The van der Waals surface area contributed by atoms with Crippen molar-refractivity contribution in [3.8, 4) is 0 Å². The van der Waals surface area contributed by atoms with E-state index in [0.717, 1.165) is 28.3 Å². The standard InChI is InChI=1S/C13H16N4O3/c1-3-5-14-10-7-9(4-6-15-10)8-17-12(19)11(18)16(2)13(17)20/h4,6-7H,3,5,8H2,1-2H3,(H,14,15). The number of pyridine rings is 1. The summed E-state index contributed by atoms with van der Waals surface area (Å²) in [6.45, 7) is 2.90. The Balaban J connectivity index is 2.12. The molecule has 4 amide bonds. The number of nitrogens with one attached hydrogen (secondary N) is 1. The van der Waals surface area contributed by atoms with E-state index in [1.165, 1.54) is 7.05 Å². The zero-order chi connectivity index (χ0) is 14.7. The number of likely N-dealkylation sites (N-methyl/N-ethyl adjacent to an activating group) is 1. The van der Waals surface area contributed by atoms with E-state index in [4.69, 9.17) is 0 Å². The molecule has 0 aliphatic carbocycles. The zero-order valence-corrected chi connectivity index (χ0v) is 11.4. The summed E-state index contributed by atoms with van der Waals surface area (Å²) in [5.74, 6) is -0.908. The van der Waals surface area contributed by atoms with Gasteiger partial charge in [-0.15, -0.1) is 0 Å². The second-order valence-corrected chi connectivity index (χ2v) is 4.51. The summed E-state index contributed by atoms with van der Waals surface area (Å²) in [6.07, 6.45) is 2.57. The van der Waals surface area contributed by atoms with E-state index in [9.17, 15) is 14.4 Å². The van der Waals surface area contributed by atoms with Crippen molar-refractivity contribution in [1.82, 2.24) is 14.8 Å². The minimum Gasteiger partial charge on any atom is -0.370 e. The highest BCUT2D eigenvalue weighted by molar-refractivity contribution is 6.44. The lowest BCUT2D eigenvalue weighted by atomic mass is 10.2. The van der Waals surface area contributed by atoms with Crippen molar-refractivity contribution in [2.75, 3.05) is 18.9 Å². The molecule has 1 aliphatic rings. The molecule has 106 valence electrons. The number of imide groups is 2. The van der Waals surface area contributed by atoms with Gasteiger partial charge in [-0.2, -0.15) is 0 Å². The summed E-state index contributed by atoms with van der Waals surface area (Å²) in [7, 11) is 1.29. The number of rotatable bonds is 5. The third-order valence-electron chi connectivity index (χ3n) is 2.97. The summed E-state index contributed by atoms with van der Waals surface area (Å²) >= 11 is 0. The normalized spacial score (nSPS) is 15.2. The summed E-state index contributed by atoms with van der Waals surface area (Å²) in [4.78, 5) is 40.7. The van der Waals surface area contributed by atoms with E-state index in [2.05, 4.69) is 10.3 Å². The predicted octanol–water partition coefficient (Wildman–Crippen LogP) is 0.824. The Morgan fingerprint density at radius 1 is 1.25 bits per heavy atom. The van der Waals surface area contributed by atoms with Crippen molar-refractivity contribution in [1.29, 1.82) is 0 Å². The Kier molecular flexibility index (Phi) is 3.97. The molecule has 0 radical (unpaired) electrons. The fourth-order valence-corrected chi connectivity index (χ4v) is 1.86. The van der Waals surface area contributed by atoms with Crippen LogP contribution in [-0.2, 0) is 16.1 Å². The SMILES string of the molecule is CCCNc1cc(CN2C(=O)C(=O)N(C)C2=O)ccn1. The van der Waals surface area contributed by atoms with Crippen LogP contribution in [0.4, 0.5) is 10.6 Å². The van der Waals surface area contributed by atoms with Gasteiger partial charge in [-0.05, 0) is 24.1 Å². The van der Waals surface area contributed by atoms with Gasteiger partial charge in [-0.25, -0.2) is 9.78 Å². The van der Waals surface area contributed by atoms with Crippen LogP contribution in [0.25, 0.3) is 0 Å². The highest BCUT2D eigenvalue weighted by Crippen LogP contribution is 2.15. The fraction of sp³-hybridized carbons (Fsp3) is 0.385. The van der Waals surface area contributed by atoms with Gasteiger partial charge in [0.15, 0.2) is 0 Å². The summed E-state index contributed by atoms with van der Waals surface area (Å²) in [5, 5.41) is 3.12. The molecule has 1 aromatic heterocycles. The number of carbonyl (C=O) groups is 3. The van der Waals surface area contributed by atoms with Gasteiger partial charge in [0.1, 0.15) is 5.82 Å². The second-order valence-electron chi connectivity index (χ2n) is 4.51. The molecule has 2 rings (SSSR count). The topological polar surface area (TPSA) is 82.6 Å². The van der Waals surface area contributed by atoms with E-state index in [-0.39, 0.29) is 6.54 Å². The smallest absolute Gasteiger partial charge is 0.334 e. The van der Waals surface area contributed by atoms with E-state index in [0.29, 0.717) is 5.82 Å². The van der Waals surface area contributed by atoms with Crippen LogP contribution in [0, 0.1) is 0 Å². The predicted molar refractivity (Wildman–Crippen MR) is 71.7 cm³/mol. The quantitative estimate of drug-likeness (QED) is 0.636. The second kappa shape index (κ2) is 5.68. The van der Waals surface area contributed by atoms with Crippen molar-refractivity contribution < 1.29 is 14.4 Å². The average molecular weight is 276 g/mol. The van der Waals surface area contributed by atoms with Gasteiger partial charge in [-0.1, -0.05) is 6.92 Å². The number of hydrogen-bond acceptors (Lipinski definition) is 5. The molecule has 7 nitrogen and oxygen atoms in total. The Bertz CT molecular complexity index is 558. The Morgan fingerprint density at radius 2 is 2.00 bits per heavy atom. The van der Waals surface area contributed by atoms with E-state index < -0.39 is 17.8 Å². The minimum atomic E-state index is -0.798. The van der Waals surface area contributed by atoms with Gasteiger partial charge in [-0.3, -0.25) is 19.4 Å². The number of urea groups is 1. The lowest BCUT2D eigenvalue weighted by Crippen LogP contribution is -2.31. The highest BCUT2D eigenvalue weighted by Gasteiger charge is 2.41. The number of amides is 4. The monoisotopic (exact) mass is 276 g/mol. The van der Waals surface area contributed by atoms with Crippen molar-refractivity contribution in [3.63, 3.8) is 0 Å². The summed E-state index contributed by atoms with van der Waals surface area (Å²) < 4.78 is 0. The molecule has 1 aromatic rings. The van der Waals surface area contributed by atoms with Gasteiger partial charge >= 0.3 is 17.8 Å². The van der Waals surface area contributed by atoms with Crippen molar-refractivity contribution >= 4 is 23.7 Å². The minimum absolute atomic E-state index is 0.0665. The fourth-order valence-electron chi connectivity index (χ4n) is 1.86. The molecule has 1 N–H and O–H groups in total. The molecule has 7 heteroatoms. The number of hydrogen-bond donors (Lipinski definition) is 1. The van der Waals surface area contributed by atoms with Gasteiger partial charge in [0, 0.05) is 19.8 Å². The first-order chi connectivity index (χ1) is 9.54. The zero-order valence-electron chi connectivity index (χ0n) is 11.4. The Labute approximate surface area is 116 Å². The molecule has 0 aromatic carbocycles. The number of anilines is 1. The molecule has 1 saturated heterocycles. The molecular weight excluding hydrogens is 260 g/mol. The van der Waals surface area contributed by atoms with Crippen LogP contribution >= 0.6 is 0 Å². The third-order valence-corrected chi connectivity index (χ3v) is 2.97. The lowest BCUT2D eigenvalue weighted by Gasteiger charge is -2.13. The van der Waals surface area contributed by atoms with E-state index in [1.807, 2.05) is 6.92 Å². The number of carbonyl (C=O) groups excluding carboxylic acids is 3. The molecule has 2 heterocycles. The first kappa shape index (κ1) is 14.0. The molecular formula is C13H16N4O3. The maximum absolute atomic E-state index is 11.8. The van der Waals surface area contributed by atoms with Crippen LogP contribution in [0.5, 0.6) is 0 Å². The first-order valence-corrected chi connectivity index (χ1v) is 6.37. The highest BCUT2D eigenvalue weighted by atomic mass is 16.2. The maximum atomic E-state index is 11.8. The van der Waals surface area contributed by atoms with Crippen LogP contribution in [-0.4, -0.2) is 46.2 Å². The average Bonchev–Trinajstić information content (AvgIpc) is 2.63. The summed E-state index contributed by atoms with van der Waals surface area (Å²) in [5.41, 5.74) is 0.739. The van der Waals surface area contributed by atoms with Gasteiger partial charge in [0.05, 0.1) is 6.54 Å².